The molecule has 3 rings (SSSR count). The lowest BCUT2D eigenvalue weighted by Gasteiger charge is -2.09. The lowest BCUT2D eigenvalue weighted by Crippen LogP contribution is -2.15. The number of anilines is 1. The number of hydrogen-bond donors (Lipinski definition) is 1. The van der Waals surface area contributed by atoms with Crippen molar-refractivity contribution in [2.45, 2.75) is 38.3 Å². The second kappa shape index (κ2) is 6.06. The third-order valence-corrected chi connectivity index (χ3v) is 3.86. The highest BCUT2D eigenvalue weighted by atomic mass is 19.4. The average Bonchev–Trinajstić information content (AvgIpc) is 2.76. The number of nitrogens with zero attached hydrogens (tertiary/aromatic N) is 1. The van der Waals surface area contributed by atoms with Crippen LogP contribution in [0.1, 0.15) is 46.6 Å². The summed E-state index contributed by atoms with van der Waals surface area (Å²) in [5, 5.41) is 6.26. The highest BCUT2D eigenvalue weighted by molar-refractivity contribution is 6.04. The average molecular weight is 324 g/mol. The Morgan fingerprint density at radius 3 is 2.74 bits per heavy atom. The summed E-state index contributed by atoms with van der Waals surface area (Å²) >= 11 is 0. The molecule has 2 aromatic rings. The van der Waals surface area contributed by atoms with Gasteiger partial charge in [0.25, 0.3) is 5.91 Å². The van der Waals surface area contributed by atoms with E-state index >= 15 is 0 Å². The molecule has 0 radical (unpaired) electrons. The first kappa shape index (κ1) is 15.6. The smallest absolute Gasteiger partial charge is 0.360 e. The van der Waals surface area contributed by atoms with Gasteiger partial charge >= 0.3 is 6.18 Å². The Kier molecular flexibility index (Phi) is 4.11. The third kappa shape index (κ3) is 3.38. The Hall–Kier alpha value is -2.31. The fourth-order valence-corrected chi connectivity index (χ4v) is 2.70. The molecule has 0 saturated carbocycles. The summed E-state index contributed by atoms with van der Waals surface area (Å²) in [5.74, 6) is 0.160. The van der Waals surface area contributed by atoms with Crippen molar-refractivity contribution < 1.29 is 22.5 Å². The Bertz CT molecular complexity index is 722. The molecule has 7 heteroatoms. The van der Waals surface area contributed by atoms with Crippen LogP contribution in [0, 0.1) is 0 Å². The number of carbonyl (C=O) groups is 1. The van der Waals surface area contributed by atoms with Crippen LogP contribution < -0.4 is 5.32 Å². The first-order chi connectivity index (χ1) is 10.9. The maximum atomic E-state index is 12.7. The van der Waals surface area contributed by atoms with Gasteiger partial charge in [-0.2, -0.15) is 13.2 Å². The number of alkyl halides is 3. The van der Waals surface area contributed by atoms with Crippen molar-refractivity contribution in [3.8, 4) is 0 Å². The zero-order valence-corrected chi connectivity index (χ0v) is 12.2. The normalized spacial score (nSPS) is 14.9. The summed E-state index contributed by atoms with van der Waals surface area (Å²) in [6.07, 6.45) is -0.0388. The Balaban J connectivity index is 1.81. The third-order valence-electron chi connectivity index (χ3n) is 3.86. The molecule has 0 aliphatic heterocycles. The predicted molar refractivity (Wildman–Crippen MR) is 77.2 cm³/mol. The van der Waals surface area contributed by atoms with Crippen molar-refractivity contribution in [1.29, 1.82) is 0 Å². The molecule has 23 heavy (non-hydrogen) atoms. The number of benzene rings is 1. The summed E-state index contributed by atoms with van der Waals surface area (Å²) in [5.41, 5.74) is 0.204. The SMILES string of the molecule is O=C(Nc1cccc(C(F)(F)F)c1)c1noc2c1CCCCC2. The minimum Gasteiger partial charge on any atom is -0.360 e. The summed E-state index contributed by atoms with van der Waals surface area (Å²) < 4.78 is 43.3. The molecule has 1 N–H and O–H groups in total. The van der Waals surface area contributed by atoms with Crippen LogP contribution in [0.25, 0.3) is 0 Å². The number of aromatic nitrogens is 1. The van der Waals surface area contributed by atoms with Gasteiger partial charge in [0.2, 0.25) is 0 Å². The number of halogens is 3. The molecule has 1 aliphatic carbocycles. The Morgan fingerprint density at radius 1 is 1.17 bits per heavy atom. The molecule has 0 saturated heterocycles. The van der Waals surface area contributed by atoms with Crippen molar-refractivity contribution in [3.63, 3.8) is 0 Å². The van der Waals surface area contributed by atoms with E-state index in [2.05, 4.69) is 10.5 Å². The number of amides is 1. The van der Waals surface area contributed by atoms with E-state index in [1.54, 1.807) is 0 Å². The molecule has 0 atom stereocenters. The Morgan fingerprint density at radius 2 is 1.96 bits per heavy atom. The molecule has 0 bridgehead atoms. The van der Waals surface area contributed by atoms with Gasteiger partial charge in [-0.15, -0.1) is 0 Å². The second-order valence-corrected chi connectivity index (χ2v) is 5.53. The second-order valence-electron chi connectivity index (χ2n) is 5.53. The number of fused-ring (bicyclic) bond motifs is 1. The number of aryl methyl sites for hydroxylation is 1. The molecular formula is C16H15F3N2O2. The van der Waals surface area contributed by atoms with Crippen LogP contribution in [0.15, 0.2) is 28.8 Å². The zero-order valence-electron chi connectivity index (χ0n) is 12.2. The van der Waals surface area contributed by atoms with Crippen LogP contribution >= 0.6 is 0 Å². The van der Waals surface area contributed by atoms with Crippen LogP contribution in [0.2, 0.25) is 0 Å². The number of rotatable bonds is 2. The van der Waals surface area contributed by atoms with Gasteiger partial charge in [0.1, 0.15) is 5.76 Å². The van der Waals surface area contributed by atoms with Gasteiger partial charge in [-0.25, -0.2) is 0 Å². The lowest BCUT2D eigenvalue weighted by molar-refractivity contribution is -0.137. The molecule has 122 valence electrons. The molecule has 1 heterocycles. The summed E-state index contributed by atoms with van der Waals surface area (Å²) in [6.45, 7) is 0. The van der Waals surface area contributed by atoms with E-state index in [9.17, 15) is 18.0 Å². The van der Waals surface area contributed by atoms with Gasteiger partial charge in [-0.3, -0.25) is 4.79 Å². The van der Waals surface area contributed by atoms with E-state index in [1.165, 1.54) is 12.1 Å². The first-order valence-corrected chi connectivity index (χ1v) is 7.41. The molecular weight excluding hydrogens is 309 g/mol. The Labute approximate surface area is 130 Å². The maximum Gasteiger partial charge on any atom is 0.416 e. The minimum atomic E-state index is -4.45. The summed E-state index contributed by atoms with van der Waals surface area (Å²) in [4.78, 5) is 12.3. The van der Waals surface area contributed by atoms with Crippen LogP contribution in [0.4, 0.5) is 18.9 Å². The predicted octanol–water partition coefficient (Wildman–Crippen LogP) is 4.21. The van der Waals surface area contributed by atoms with Gasteiger partial charge in [0.05, 0.1) is 5.56 Å². The van der Waals surface area contributed by atoms with Gasteiger partial charge in [-0.1, -0.05) is 17.6 Å². The van der Waals surface area contributed by atoms with Crippen molar-refractivity contribution in [2.75, 3.05) is 5.32 Å². The lowest BCUT2D eigenvalue weighted by atomic mass is 10.1. The highest BCUT2D eigenvalue weighted by Gasteiger charge is 2.30. The van der Waals surface area contributed by atoms with Gasteiger partial charge in [-0.05, 0) is 37.5 Å². The van der Waals surface area contributed by atoms with E-state index in [1.807, 2.05) is 0 Å². The fraction of sp³-hybridized carbons (Fsp3) is 0.375. The van der Waals surface area contributed by atoms with E-state index < -0.39 is 17.6 Å². The summed E-state index contributed by atoms with van der Waals surface area (Å²) in [6, 6.07) is 4.52. The van der Waals surface area contributed by atoms with Crippen LogP contribution in [0.5, 0.6) is 0 Å². The number of nitrogens with one attached hydrogen (secondary N) is 1. The van der Waals surface area contributed by atoms with Gasteiger partial charge < -0.3 is 9.84 Å². The largest absolute Gasteiger partial charge is 0.416 e. The topological polar surface area (TPSA) is 55.1 Å². The van der Waals surface area contributed by atoms with Crippen molar-refractivity contribution >= 4 is 11.6 Å². The summed E-state index contributed by atoms with van der Waals surface area (Å²) in [7, 11) is 0. The maximum absolute atomic E-state index is 12.7. The highest BCUT2D eigenvalue weighted by Crippen LogP contribution is 2.31. The van der Waals surface area contributed by atoms with Crippen molar-refractivity contribution in [2.24, 2.45) is 0 Å². The molecule has 1 aromatic heterocycles. The minimum absolute atomic E-state index is 0.0789. The van der Waals surface area contributed by atoms with Crippen molar-refractivity contribution in [1.82, 2.24) is 5.16 Å². The molecule has 1 aromatic carbocycles. The molecule has 0 fully saturated rings. The molecule has 1 amide bonds. The first-order valence-electron chi connectivity index (χ1n) is 7.41. The van der Waals surface area contributed by atoms with Gasteiger partial charge in [0.15, 0.2) is 5.69 Å². The standard InChI is InChI=1S/C16H15F3N2O2/c17-16(18,19)10-5-4-6-11(9-10)20-15(22)14-12-7-2-1-3-8-13(12)23-21-14/h4-6,9H,1-3,7-8H2,(H,20,22). The quantitative estimate of drug-likeness (QED) is 0.842. The molecule has 0 spiro atoms. The van der Waals surface area contributed by atoms with E-state index in [-0.39, 0.29) is 11.4 Å². The van der Waals surface area contributed by atoms with Gasteiger partial charge in [0, 0.05) is 17.7 Å². The number of hydrogen-bond acceptors (Lipinski definition) is 3. The van der Waals surface area contributed by atoms with E-state index in [0.29, 0.717) is 12.2 Å². The van der Waals surface area contributed by atoms with Crippen LogP contribution in [0.3, 0.4) is 0 Å². The molecule has 4 nitrogen and oxygen atoms in total. The molecule has 0 unspecified atom stereocenters. The van der Waals surface area contributed by atoms with Crippen LogP contribution in [-0.4, -0.2) is 11.1 Å². The molecule has 1 aliphatic rings. The van der Waals surface area contributed by atoms with Crippen molar-refractivity contribution in [3.05, 3.63) is 46.8 Å². The zero-order chi connectivity index (χ0) is 16.4. The van der Waals surface area contributed by atoms with E-state index in [4.69, 9.17) is 4.52 Å². The number of carbonyl (C=O) groups excluding carboxylic acids is 1. The van der Waals surface area contributed by atoms with Crippen LogP contribution in [-0.2, 0) is 19.0 Å². The monoisotopic (exact) mass is 324 g/mol. The fourth-order valence-electron chi connectivity index (χ4n) is 2.70. The van der Waals surface area contributed by atoms with E-state index in [0.717, 1.165) is 43.4 Å².